The number of hydrogen-bond donors (Lipinski definition) is 1. The van der Waals surface area contributed by atoms with Gasteiger partial charge in [0.15, 0.2) is 0 Å². The average molecular weight is 295 g/mol. The Morgan fingerprint density at radius 1 is 1.23 bits per heavy atom. The van der Waals surface area contributed by atoms with E-state index in [1.807, 2.05) is 43.4 Å². The number of hydrogen-bond acceptors (Lipinski definition) is 3. The molecule has 0 saturated heterocycles. The number of nitrogens with zero attached hydrogens (tertiary/aromatic N) is 4. The molecule has 0 aliphatic heterocycles. The van der Waals surface area contributed by atoms with Gasteiger partial charge < -0.3 is 9.88 Å². The Morgan fingerprint density at radius 2 is 2.00 bits per heavy atom. The summed E-state index contributed by atoms with van der Waals surface area (Å²) < 4.78 is 3.90. The quantitative estimate of drug-likeness (QED) is 0.787. The Labute approximate surface area is 130 Å². The molecule has 0 radical (unpaired) electrons. The summed E-state index contributed by atoms with van der Waals surface area (Å²) >= 11 is 0. The first kappa shape index (κ1) is 14.5. The maximum atomic E-state index is 4.26. The molecular formula is C17H21N5. The molecule has 5 nitrogen and oxygen atoms in total. The second kappa shape index (κ2) is 6.15. The summed E-state index contributed by atoms with van der Waals surface area (Å²) in [6, 6.07) is 8.88. The van der Waals surface area contributed by atoms with Crippen LogP contribution in [-0.4, -0.2) is 19.3 Å². The molecule has 2 aromatic heterocycles. The first-order chi connectivity index (χ1) is 10.6. The first-order valence-electron chi connectivity index (χ1n) is 7.44. The maximum Gasteiger partial charge on any atom is 0.110 e. The van der Waals surface area contributed by atoms with E-state index in [4.69, 9.17) is 0 Å². The van der Waals surface area contributed by atoms with Gasteiger partial charge in [0.2, 0.25) is 0 Å². The summed E-state index contributed by atoms with van der Waals surface area (Å²) in [5.74, 6) is 0.996. The summed E-state index contributed by atoms with van der Waals surface area (Å²) in [5.41, 5.74) is 3.60. The van der Waals surface area contributed by atoms with E-state index in [-0.39, 0.29) is 6.04 Å². The van der Waals surface area contributed by atoms with Gasteiger partial charge in [-0.3, -0.25) is 4.68 Å². The Morgan fingerprint density at radius 3 is 2.59 bits per heavy atom. The van der Waals surface area contributed by atoms with Crippen LogP contribution < -0.4 is 5.32 Å². The molecule has 114 valence electrons. The minimum absolute atomic E-state index is 0.290. The fraction of sp³-hybridized carbons (Fsp3) is 0.294. The van der Waals surface area contributed by atoms with Crippen molar-refractivity contribution in [2.24, 2.45) is 7.05 Å². The van der Waals surface area contributed by atoms with Gasteiger partial charge in [-0.1, -0.05) is 12.1 Å². The normalized spacial score (nSPS) is 12.5. The van der Waals surface area contributed by atoms with Crippen LogP contribution in [0.25, 0.3) is 5.69 Å². The second-order valence-electron chi connectivity index (χ2n) is 5.56. The van der Waals surface area contributed by atoms with Crippen LogP contribution in [0.2, 0.25) is 0 Å². The van der Waals surface area contributed by atoms with Crippen LogP contribution in [0.1, 0.15) is 29.9 Å². The van der Waals surface area contributed by atoms with Gasteiger partial charge in [0.1, 0.15) is 5.82 Å². The van der Waals surface area contributed by atoms with Crippen LogP contribution in [0.15, 0.2) is 49.1 Å². The van der Waals surface area contributed by atoms with E-state index < -0.39 is 0 Å². The predicted octanol–water partition coefficient (Wildman–Crippen LogP) is 2.77. The highest BCUT2D eigenvalue weighted by atomic mass is 15.2. The largest absolute Gasteiger partial charge is 0.306 e. The van der Waals surface area contributed by atoms with Crippen molar-refractivity contribution in [1.82, 2.24) is 24.6 Å². The van der Waals surface area contributed by atoms with Crippen molar-refractivity contribution < 1.29 is 0 Å². The van der Waals surface area contributed by atoms with Crippen molar-refractivity contribution in [3.05, 3.63) is 66.0 Å². The van der Waals surface area contributed by atoms with Gasteiger partial charge >= 0.3 is 0 Å². The molecule has 3 rings (SSSR count). The van der Waals surface area contributed by atoms with Gasteiger partial charge in [0.05, 0.1) is 6.20 Å². The van der Waals surface area contributed by atoms with Crippen LogP contribution in [0.5, 0.6) is 0 Å². The van der Waals surface area contributed by atoms with Gasteiger partial charge in [-0.15, -0.1) is 0 Å². The Bertz CT molecular complexity index is 739. The molecule has 0 aliphatic rings. The van der Waals surface area contributed by atoms with Crippen molar-refractivity contribution in [2.75, 3.05) is 0 Å². The molecule has 0 bridgehead atoms. The van der Waals surface area contributed by atoms with E-state index in [9.17, 15) is 0 Å². The third kappa shape index (κ3) is 3.09. The lowest BCUT2D eigenvalue weighted by Gasteiger charge is -2.14. The summed E-state index contributed by atoms with van der Waals surface area (Å²) in [6.45, 7) is 5.00. The summed E-state index contributed by atoms with van der Waals surface area (Å²) in [6.07, 6.45) is 7.73. The van der Waals surface area contributed by atoms with Crippen molar-refractivity contribution >= 4 is 0 Å². The molecule has 0 spiro atoms. The SMILES string of the molecule is Cc1nccn1-c1ccc(C(C)NCc2cnn(C)c2)cc1. The van der Waals surface area contributed by atoms with Crippen molar-refractivity contribution in [2.45, 2.75) is 26.4 Å². The van der Waals surface area contributed by atoms with Crippen molar-refractivity contribution in [1.29, 1.82) is 0 Å². The highest BCUT2D eigenvalue weighted by Gasteiger charge is 2.07. The molecule has 0 aliphatic carbocycles. The van der Waals surface area contributed by atoms with Gasteiger partial charge in [0.25, 0.3) is 0 Å². The van der Waals surface area contributed by atoms with Crippen molar-refractivity contribution in [3.8, 4) is 5.69 Å². The number of nitrogens with one attached hydrogen (secondary N) is 1. The topological polar surface area (TPSA) is 47.7 Å². The number of benzene rings is 1. The fourth-order valence-corrected chi connectivity index (χ4v) is 2.53. The minimum atomic E-state index is 0.290. The molecular weight excluding hydrogens is 274 g/mol. The third-order valence-electron chi connectivity index (χ3n) is 3.87. The molecule has 1 aromatic carbocycles. The molecule has 0 fully saturated rings. The van der Waals surface area contributed by atoms with Crippen molar-refractivity contribution in [3.63, 3.8) is 0 Å². The van der Waals surface area contributed by atoms with Crippen LogP contribution in [-0.2, 0) is 13.6 Å². The molecule has 3 aromatic rings. The van der Waals surface area contributed by atoms with E-state index in [0.29, 0.717) is 0 Å². The molecule has 5 heteroatoms. The highest BCUT2D eigenvalue weighted by Crippen LogP contribution is 2.17. The van der Waals surface area contributed by atoms with E-state index in [1.54, 1.807) is 0 Å². The van der Waals surface area contributed by atoms with Gasteiger partial charge in [-0.25, -0.2) is 4.98 Å². The zero-order valence-corrected chi connectivity index (χ0v) is 13.2. The first-order valence-corrected chi connectivity index (χ1v) is 7.44. The number of imidazole rings is 1. The molecule has 0 amide bonds. The highest BCUT2D eigenvalue weighted by molar-refractivity contribution is 5.36. The smallest absolute Gasteiger partial charge is 0.110 e. The third-order valence-corrected chi connectivity index (χ3v) is 3.87. The van der Waals surface area contributed by atoms with E-state index in [2.05, 4.69) is 51.2 Å². The lowest BCUT2D eigenvalue weighted by atomic mass is 10.1. The number of aromatic nitrogens is 4. The fourth-order valence-electron chi connectivity index (χ4n) is 2.53. The lowest BCUT2D eigenvalue weighted by Crippen LogP contribution is -2.17. The van der Waals surface area contributed by atoms with Crippen LogP contribution in [0.3, 0.4) is 0 Å². The molecule has 22 heavy (non-hydrogen) atoms. The molecule has 2 heterocycles. The van der Waals surface area contributed by atoms with Crippen LogP contribution in [0, 0.1) is 6.92 Å². The molecule has 0 saturated carbocycles. The standard InChI is InChI=1S/C17H21N5/c1-13(19-10-15-11-20-21(3)12-15)16-4-6-17(7-5-16)22-9-8-18-14(22)2/h4-9,11-13,19H,10H2,1-3H3. The summed E-state index contributed by atoms with van der Waals surface area (Å²) in [4.78, 5) is 4.26. The number of rotatable bonds is 5. The average Bonchev–Trinajstić information content (AvgIpc) is 3.13. The Balaban J connectivity index is 1.66. The number of aryl methyl sites for hydroxylation is 2. The zero-order chi connectivity index (χ0) is 15.5. The maximum absolute atomic E-state index is 4.26. The molecule has 1 N–H and O–H groups in total. The van der Waals surface area contributed by atoms with E-state index >= 15 is 0 Å². The summed E-state index contributed by atoms with van der Waals surface area (Å²) in [7, 11) is 1.93. The monoisotopic (exact) mass is 295 g/mol. The summed E-state index contributed by atoms with van der Waals surface area (Å²) in [5, 5.41) is 7.71. The van der Waals surface area contributed by atoms with Gasteiger partial charge in [0, 0.05) is 49.5 Å². The van der Waals surface area contributed by atoms with E-state index in [0.717, 1.165) is 18.1 Å². The van der Waals surface area contributed by atoms with Crippen LogP contribution in [0.4, 0.5) is 0 Å². The molecule has 1 unspecified atom stereocenters. The molecule has 1 atom stereocenters. The van der Waals surface area contributed by atoms with Crippen LogP contribution >= 0.6 is 0 Å². The Hall–Kier alpha value is -2.40. The zero-order valence-electron chi connectivity index (χ0n) is 13.2. The lowest BCUT2D eigenvalue weighted by molar-refractivity contribution is 0.574. The van der Waals surface area contributed by atoms with Gasteiger partial charge in [-0.2, -0.15) is 5.10 Å². The minimum Gasteiger partial charge on any atom is -0.306 e. The Kier molecular flexibility index (Phi) is 4.06. The predicted molar refractivity (Wildman–Crippen MR) is 86.8 cm³/mol. The van der Waals surface area contributed by atoms with Gasteiger partial charge in [-0.05, 0) is 31.5 Å². The second-order valence-corrected chi connectivity index (χ2v) is 5.56. The van der Waals surface area contributed by atoms with E-state index in [1.165, 1.54) is 11.1 Å².